The number of rotatable bonds is 2. The Kier molecular flexibility index (Phi) is 3.13. The van der Waals surface area contributed by atoms with E-state index in [9.17, 15) is 8.42 Å². The Balaban J connectivity index is 1.86. The molecule has 0 spiro atoms. The van der Waals surface area contributed by atoms with Gasteiger partial charge in [0.2, 0.25) is 10.0 Å². The van der Waals surface area contributed by atoms with Gasteiger partial charge in [0.15, 0.2) is 0 Å². The van der Waals surface area contributed by atoms with E-state index in [0.717, 1.165) is 19.5 Å². The molecule has 2 fully saturated rings. The molecule has 1 N–H and O–H groups in total. The molecule has 2 unspecified atom stereocenters. The Hall–Kier alpha value is -0.910. The second kappa shape index (κ2) is 4.64. The van der Waals surface area contributed by atoms with Gasteiger partial charge in [-0.25, -0.2) is 8.42 Å². The number of hydrogen-bond donors (Lipinski definition) is 1. The van der Waals surface area contributed by atoms with Gasteiger partial charge in [0.25, 0.3) is 0 Å². The Morgan fingerprint density at radius 2 is 1.67 bits per heavy atom. The van der Waals surface area contributed by atoms with E-state index in [0.29, 0.717) is 29.8 Å². The fourth-order valence-electron chi connectivity index (χ4n) is 3.00. The predicted molar refractivity (Wildman–Crippen MR) is 69.7 cm³/mol. The maximum absolute atomic E-state index is 12.5. The molecule has 2 heterocycles. The van der Waals surface area contributed by atoms with Crippen LogP contribution in [0.4, 0.5) is 0 Å². The van der Waals surface area contributed by atoms with E-state index in [1.165, 1.54) is 0 Å². The van der Waals surface area contributed by atoms with Gasteiger partial charge in [0, 0.05) is 13.1 Å². The number of nitrogens with one attached hydrogen (secondary N) is 1. The van der Waals surface area contributed by atoms with Crippen LogP contribution in [0.25, 0.3) is 0 Å². The highest BCUT2D eigenvalue weighted by Gasteiger charge is 2.36. The summed E-state index contributed by atoms with van der Waals surface area (Å²) in [6.07, 6.45) is 1.16. The zero-order chi connectivity index (χ0) is 12.6. The highest BCUT2D eigenvalue weighted by atomic mass is 32.2. The molecule has 2 aliphatic rings. The molecule has 2 atom stereocenters. The fraction of sp³-hybridized carbons (Fsp3) is 0.538. The summed E-state index contributed by atoms with van der Waals surface area (Å²) < 4.78 is 26.7. The van der Waals surface area contributed by atoms with E-state index < -0.39 is 10.0 Å². The highest BCUT2D eigenvalue weighted by molar-refractivity contribution is 7.89. The first-order chi connectivity index (χ1) is 8.66. The monoisotopic (exact) mass is 266 g/mol. The quantitative estimate of drug-likeness (QED) is 0.866. The molecule has 98 valence electrons. The summed E-state index contributed by atoms with van der Waals surface area (Å²) in [5, 5.41) is 3.38. The topological polar surface area (TPSA) is 49.4 Å². The molecule has 1 aromatic carbocycles. The van der Waals surface area contributed by atoms with Crippen LogP contribution < -0.4 is 5.32 Å². The molecule has 2 aliphatic heterocycles. The number of hydrogen-bond acceptors (Lipinski definition) is 3. The summed E-state index contributed by atoms with van der Waals surface area (Å²) in [5.74, 6) is 0.937. The van der Waals surface area contributed by atoms with Crippen LogP contribution in [-0.4, -0.2) is 38.9 Å². The van der Waals surface area contributed by atoms with Gasteiger partial charge in [-0.3, -0.25) is 0 Å². The third-order valence-corrected chi connectivity index (χ3v) is 5.68. The van der Waals surface area contributed by atoms with Crippen LogP contribution in [-0.2, 0) is 10.0 Å². The van der Waals surface area contributed by atoms with Crippen molar-refractivity contribution in [3.63, 3.8) is 0 Å². The number of sulfonamides is 1. The molecule has 1 aromatic rings. The third-order valence-electron chi connectivity index (χ3n) is 3.84. The number of fused-ring (bicyclic) bond motifs is 2. The lowest BCUT2D eigenvalue weighted by molar-refractivity contribution is 0.158. The maximum atomic E-state index is 12.5. The Labute approximate surface area is 108 Å². The minimum Gasteiger partial charge on any atom is -0.316 e. The van der Waals surface area contributed by atoms with Crippen molar-refractivity contribution in [1.29, 1.82) is 0 Å². The standard InChI is InChI=1S/C13H18N2O2S/c16-18(17,13-4-2-1-3-5-13)15-9-11-6-12(10-15)8-14-7-11/h1-5,11-12,14H,6-10H2. The van der Waals surface area contributed by atoms with E-state index in [2.05, 4.69) is 5.32 Å². The summed E-state index contributed by atoms with van der Waals surface area (Å²) in [4.78, 5) is 0.415. The molecule has 4 nitrogen and oxygen atoms in total. The van der Waals surface area contributed by atoms with Gasteiger partial charge in [-0.2, -0.15) is 4.31 Å². The van der Waals surface area contributed by atoms with Crippen LogP contribution in [0, 0.1) is 11.8 Å². The molecular weight excluding hydrogens is 248 g/mol. The molecule has 2 bridgehead atoms. The zero-order valence-electron chi connectivity index (χ0n) is 10.2. The second-order valence-electron chi connectivity index (χ2n) is 5.26. The largest absolute Gasteiger partial charge is 0.316 e. The third kappa shape index (κ3) is 2.18. The normalized spacial score (nSPS) is 29.1. The van der Waals surface area contributed by atoms with Gasteiger partial charge in [0.05, 0.1) is 4.90 Å². The van der Waals surface area contributed by atoms with Crippen molar-refractivity contribution < 1.29 is 8.42 Å². The molecule has 0 radical (unpaired) electrons. The number of piperidine rings is 2. The summed E-state index contributed by atoms with van der Waals surface area (Å²) in [6, 6.07) is 8.75. The van der Waals surface area contributed by atoms with Crippen molar-refractivity contribution in [2.24, 2.45) is 11.8 Å². The summed E-state index contributed by atoms with van der Waals surface area (Å²) in [7, 11) is -3.30. The van der Waals surface area contributed by atoms with Crippen molar-refractivity contribution in [2.75, 3.05) is 26.2 Å². The van der Waals surface area contributed by atoms with Crippen molar-refractivity contribution in [2.45, 2.75) is 11.3 Å². The minimum atomic E-state index is -3.30. The van der Waals surface area contributed by atoms with Gasteiger partial charge in [-0.15, -0.1) is 0 Å². The second-order valence-corrected chi connectivity index (χ2v) is 7.20. The SMILES string of the molecule is O=S(=O)(c1ccccc1)N1CC2CNCC(C2)C1. The van der Waals surface area contributed by atoms with Gasteiger partial charge < -0.3 is 5.32 Å². The average Bonchev–Trinajstić information content (AvgIpc) is 2.39. The van der Waals surface area contributed by atoms with Crippen molar-refractivity contribution in [3.05, 3.63) is 30.3 Å². The van der Waals surface area contributed by atoms with Crippen LogP contribution in [0.5, 0.6) is 0 Å². The smallest absolute Gasteiger partial charge is 0.243 e. The summed E-state index contributed by atoms with van der Waals surface area (Å²) in [5.41, 5.74) is 0. The van der Waals surface area contributed by atoms with E-state index in [1.807, 2.05) is 6.07 Å². The van der Waals surface area contributed by atoms with E-state index in [1.54, 1.807) is 28.6 Å². The Morgan fingerprint density at radius 1 is 1.06 bits per heavy atom. The summed E-state index contributed by atoms with van der Waals surface area (Å²) >= 11 is 0. The van der Waals surface area contributed by atoms with Crippen LogP contribution in [0.1, 0.15) is 6.42 Å². The van der Waals surface area contributed by atoms with Crippen LogP contribution in [0.15, 0.2) is 35.2 Å². The predicted octanol–water partition coefficient (Wildman–Crippen LogP) is 0.917. The molecule has 2 saturated heterocycles. The van der Waals surface area contributed by atoms with E-state index >= 15 is 0 Å². The Bertz CT molecular complexity index is 503. The van der Waals surface area contributed by atoms with Crippen LogP contribution in [0.2, 0.25) is 0 Å². The van der Waals surface area contributed by atoms with Crippen molar-refractivity contribution in [3.8, 4) is 0 Å². The first-order valence-corrected chi connectivity index (χ1v) is 7.86. The van der Waals surface area contributed by atoms with Gasteiger partial charge in [-0.05, 0) is 43.5 Å². The van der Waals surface area contributed by atoms with Gasteiger partial charge in [-0.1, -0.05) is 18.2 Å². The highest BCUT2D eigenvalue weighted by Crippen LogP contribution is 2.28. The molecule has 0 saturated carbocycles. The van der Waals surface area contributed by atoms with Crippen LogP contribution in [0.3, 0.4) is 0 Å². The molecule has 0 aromatic heterocycles. The zero-order valence-corrected chi connectivity index (χ0v) is 11.1. The van der Waals surface area contributed by atoms with Gasteiger partial charge >= 0.3 is 0 Å². The molecule has 0 amide bonds. The number of benzene rings is 1. The molecule has 3 rings (SSSR count). The maximum Gasteiger partial charge on any atom is 0.243 e. The Morgan fingerprint density at radius 3 is 2.28 bits per heavy atom. The van der Waals surface area contributed by atoms with Crippen molar-refractivity contribution >= 4 is 10.0 Å². The lowest BCUT2D eigenvalue weighted by Gasteiger charge is -2.40. The number of nitrogens with zero attached hydrogens (tertiary/aromatic N) is 1. The fourth-order valence-corrected chi connectivity index (χ4v) is 4.61. The molecule has 0 aliphatic carbocycles. The van der Waals surface area contributed by atoms with E-state index in [4.69, 9.17) is 0 Å². The average molecular weight is 266 g/mol. The minimum absolute atomic E-state index is 0.415. The van der Waals surface area contributed by atoms with Gasteiger partial charge in [0.1, 0.15) is 0 Å². The lowest BCUT2D eigenvalue weighted by atomic mass is 9.87. The molecule has 5 heteroatoms. The van der Waals surface area contributed by atoms with Crippen molar-refractivity contribution in [1.82, 2.24) is 9.62 Å². The van der Waals surface area contributed by atoms with E-state index in [-0.39, 0.29) is 0 Å². The lowest BCUT2D eigenvalue weighted by Crippen LogP contribution is -2.52. The first-order valence-electron chi connectivity index (χ1n) is 6.42. The molecule has 18 heavy (non-hydrogen) atoms. The summed E-state index contributed by atoms with van der Waals surface area (Å²) in [6.45, 7) is 3.19. The molecular formula is C13H18N2O2S. The van der Waals surface area contributed by atoms with Crippen LogP contribution >= 0.6 is 0 Å². The first kappa shape index (κ1) is 12.1.